The molecule has 0 saturated carbocycles. The summed E-state index contributed by atoms with van der Waals surface area (Å²) in [6, 6.07) is 8.39. The first-order valence-electron chi connectivity index (χ1n) is 11.3. The van der Waals surface area contributed by atoms with Crippen LogP contribution in [-0.4, -0.2) is 47.9 Å². The second-order valence-corrected chi connectivity index (χ2v) is 8.37. The fourth-order valence-electron chi connectivity index (χ4n) is 3.51. The van der Waals surface area contributed by atoms with Crippen molar-refractivity contribution >= 4 is 23.7 Å². The molecular formula is C24H32N4O5. The molecule has 3 amide bonds. The number of cyclic esters (lactones) is 1. The van der Waals surface area contributed by atoms with Gasteiger partial charge in [0.15, 0.2) is 0 Å². The van der Waals surface area contributed by atoms with Gasteiger partial charge in [-0.15, -0.1) is 0 Å². The van der Waals surface area contributed by atoms with Crippen molar-refractivity contribution in [2.75, 3.05) is 0 Å². The van der Waals surface area contributed by atoms with Crippen LogP contribution in [0.4, 0.5) is 0 Å². The molecule has 0 unspecified atom stereocenters. The van der Waals surface area contributed by atoms with Gasteiger partial charge >= 0.3 is 5.97 Å². The molecular weight excluding hydrogens is 424 g/mol. The van der Waals surface area contributed by atoms with Gasteiger partial charge in [-0.05, 0) is 24.8 Å². The lowest BCUT2D eigenvalue weighted by molar-refractivity contribution is -0.156. The molecule has 5 atom stereocenters. The van der Waals surface area contributed by atoms with Gasteiger partial charge in [-0.2, -0.15) is 5.26 Å². The Morgan fingerprint density at radius 1 is 1.09 bits per heavy atom. The molecule has 0 aromatic heterocycles. The van der Waals surface area contributed by atoms with E-state index < -0.39 is 47.9 Å². The number of nitrogens with one attached hydrogen (secondary N) is 3. The lowest BCUT2D eigenvalue weighted by Crippen LogP contribution is -2.55. The van der Waals surface area contributed by atoms with Gasteiger partial charge in [0.25, 0.3) is 0 Å². The van der Waals surface area contributed by atoms with Gasteiger partial charge < -0.3 is 20.7 Å². The van der Waals surface area contributed by atoms with Gasteiger partial charge in [0.05, 0.1) is 12.5 Å². The van der Waals surface area contributed by atoms with E-state index in [-0.39, 0.29) is 31.6 Å². The Kier molecular flexibility index (Phi) is 9.85. The largest absolute Gasteiger partial charge is 0.460 e. The Bertz CT molecular complexity index is 883. The summed E-state index contributed by atoms with van der Waals surface area (Å²) < 4.78 is 5.57. The topological polar surface area (TPSA) is 137 Å². The third kappa shape index (κ3) is 7.90. The summed E-state index contributed by atoms with van der Waals surface area (Å²) in [6.45, 7) is 5.20. The fraction of sp³-hybridized carbons (Fsp3) is 0.542. The van der Waals surface area contributed by atoms with Crippen molar-refractivity contribution < 1.29 is 23.9 Å². The Morgan fingerprint density at radius 2 is 1.79 bits per heavy atom. The maximum atomic E-state index is 13.0. The summed E-state index contributed by atoms with van der Waals surface area (Å²) in [5, 5.41) is 17.0. The van der Waals surface area contributed by atoms with Gasteiger partial charge in [0.1, 0.15) is 24.2 Å². The molecule has 1 aliphatic rings. The Labute approximate surface area is 194 Å². The Hall–Kier alpha value is -3.41. The third-order valence-electron chi connectivity index (χ3n) is 5.73. The van der Waals surface area contributed by atoms with Crippen LogP contribution >= 0.6 is 0 Å². The second kappa shape index (κ2) is 12.6. The van der Waals surface area contributed by atoms with Gasteiger partial charge in [-0.3, -0.25) is 14.4 Å². The molecule has 1 saturated heterocycles. The van der Waals surface area contributed by atoms with E-state index in [2.05, 4.69) is 16.0 Å². The molecule has 0 aliphatic carbocycles. The van der Waals surface area contributed by atoms with E-state index in [9.17, 15) is 19.2 Å². The standard InChI is InChI=1S/C24H32N4O5/c1-4-15(2)21-24(32)33-18(11-8-12-25)14-20(29)27-19(13-17-9-6-5-7-10-17)23(31)26-16(3)22(30)28-21/h5-7,9-10,15-16,18-19,21H,4,8,11,13-14H2,1-3H3,(H,26,31)(H,27,29)(H,28,30)/t15-,16-,18-,19-,21+/m1/s1. The molecule has 1 aromatic carbocycles. The molecule has 1 fully saturated rings. The average Bonchev–Trinajstić information content (AvgIpc) is 2.80. The highest BCUT2D eigenvalue weighted by molar-refractivity contribution is 5.94. The molecule has 1 heterocycles. The van der Waals surface area contributed by atoms with Crippen molar-refractivity contribution in [1.29, 1.82) is 5.26 Å². The molecule has 178 valence electrons. The number of benzene rings is 1. The highest BCUT2D eigenvalue weighted by atomic mass is 16.5. The summed E-state index contributed by atoms with van der Waals surface area (Å²) in [5.74, 6) is -2.40. The number of amides is 3. The first-order chi connectivity index (χ1) is 15.7. The van der Waals surface area contributed by atoms with Crippen molar-refractivity contribution in [2.45, 2.75) is 77.1 Å². The van der Waals surface area contributed by atoms with Crippen LogP contribution in [-0.2, 0) is 30.3 Å². The first-order valence-corrected chi connectivity index (χ1v) is 11.3. The molecule has 1 aromatic rings. The van der Waals surface area contributed by atoms with Gasteiger partial charge in [-0.1, -0.05) is 50.6 Å². The summed E-state index contributed by atoms with van der Waals surface area (Å²) in [7, 11) is 0. The van der Waals surface area contributed by atoms with Crippen molar-refractivity contribution in [3.8, 4) is 6.07 Å². The maximum absolute atomic E-state index is 13.0. The van der Waals surface area contributed by atoms with Crippen LogP contribution in [0.5, 0.6) is 0 Å². The van der Waals surface area contributed by atoms with E-state index in [0.717, 1.165) is 5.56 Å². The lowest BCUT2D eigenvalue weighted by atomic mass is 9.98. The number of hydrogen-bond acceptors (Lipinski definition) is 6. The number of rotatable bonds is 6. The molecule has 9 nitrogen and oxygen atoms in total. The Balaban J connectivity index is 2.34. The minimum absolute atomic E-state index is 0.0938. The van der Waals surface area contributed by atoms with Crippen LogP contribution in [0.25, 0.3) is 0 Å². The highest BCUT2D eigenvalue weighted by Gasteiger charge is 2.33. The average molecular weight is 457 g/mol. The normalized spacial score (nSPS) is 25.6. The summed E-state index contributed by atoms with van der Waals surface area (Å²) >= 11 is 0. The maximum Gasteiger partial charge on any atom is 0.329 e. The van der Waals surface area contributed by atoms with Crippen molar-refractivity contribution in [3.05, 3.63) is 35.9 Å². The van der Waals surface area contributed by atoms with E-state index >= 15 is 0 Å². The zero-order valence-electron chi connectivity index (χ0n) is 19.3. The van der Waals surface area contributed by atoms with Crippen LogP contribution in [0.15, 0.2) is 30.3 Å². The van der Waals surface area contributed by atoms with E-state index in [4.69, 9.17) is 10.00 Å². The smallest absolute Gasteiger partial charge is 0.329 e. The first kappa shape index (κ1) is 25.8. The molecule has 9 heteroatoms. The van der Waals surface area contributed by atoms with Crippen LogP contribution in [0.1, 0.15) is 52.0 Å². The van der Waals surface area contributed by atoms with E-state index in [1.54, 1.807) is 6.92 Å². The second-order valence-electron chi connectivity index (χ2n) is 8.37. The predicted octanol–water partition coefficient (Wildman–Crippen LogP) is 1.37. The summed E-state index contributed by atoms with van der Waals surface area (Å²) in [6.07, 6.45) is 0.0511. The monoisotopic (exact) mass is 456 g/mol. The van der Waals surface area contributed by atoms with Gasteiger partial charge in [0, 0.05) is 12.8 Å². The number of ether oxygens (including phenoxy) is 1. The van der Waals surface area contributed by atoms with E-state index in [0.29, 0.717) is 6.42 Å². The molecule has 0 radical (unpaired) electrons. The molecule has 33 heavy (non-hydrogen) atoms. The van der Waals surface area contributed by atoms with Crippen LogP contribution in [0.2, 0.25) is 0 Å². The van der Waals surface area contributed by atoms with E-state index in [1.165, 1.54) is 6.92 Å². The summed E-state index contributed by atoms with van der Waals surface area (Å²) in [5.41, 5.74) is 0.837. The molecule has 0 bridgehead atoms. The van der Waals surface area contributed by atoms with Crippen LogP contribution in [0.3, 0.4) is 0 Å². The number of nitriles is 1. The van der Waals surface area contributed by atoms with E-state index in [1.807, 2.05) is 43.3 Å². The highest BCUT2D eigenvalue weighted by Crippen LogP contribution is 2.15. The zero-order valence-corrected chi connectivity index (χ0v) is 19.3. The molecule has 3 N–H and O–H groups in total. The quantitative estimate of drug-likeness (QED) is 0.553. The molecule has 2 rings (SSSR count). The number of carbonyl (C=O) groups is 4. The van der Waals surface area contributed by atoms with Crippen molar-refractivity contribution in [2.24, 2.45) is 5.92 Å². The lowest BCUT2D eigenvalue weighted by Gasteiger charge is -2.26. The van der Waals surface area contributed by atoms with Gasteiger partial charge in [0.2, 0.25) is 17.7 Å². The minimum Gasteiger partial charge on any atom is -0.460 e. The van der Waals surface area contributed by atoms with Crippen molar-refractivity contribution in [3.63, 3.8) is 0 Å². The third-order valence-corrected chi connectivity index (χ3v) is 5.73. The van der Waals surface area contributed by atoms with Crippen molar-refractivity contribution in [1.82, 2.24) is 16.0 Å². The number of esters is 1. The fourth-order valence-corrected chi connectivity index (χ4v) is 3.51. The number of hydrogen-bond donors (Lipinski definition) is 3. The molecule has 1 aliphatic heterocycles. The predicted molar refractivity (Wildman–Crippen MR) is 120 cm³/mol. The zero-order chi connectivity index (χ0) is 24.4. The Morgan fingerprint density at radius 3 is 2.42 bits per heavy atom. The minimum atomic E-state index is -0.935. The van der Waals surface area contributed by atoms with Gasteiger partial charge in [-0.25, -0.2) is 4.79 Å². The molecule has 0 spiro atoms. The SMILES string of the molecule is CC[C@@H](C)[C@@H]1NC(=O)[C@@H](C)NC(=O)[C@@H](Cc2ccccc2)NC(=O)C[C@@H](CCC#N)OC1=O. The number of nitrogens with zero attached hydrogens (tertiary/aromatic N) is 1. The number of carbonyl (C=O) groups excluding carboxylic acids is 4. The van der Waals surface area contributed by atoms with Crippen LogP contribution < -0.4 is 16.0 Å². The van der Waals surface area contributed by atoms with Crippen LogP contribution in [0, 0.1) is 17.2 Å². The summed E-state index contributed by atoms with van der Waals surface area (Å²) in [4.78, 5) is 51.4.